The van der Waals surface area contributed by atoms with E-state index in [1.165, 1.54) is 19.2 Å². The molecule has 0 fully saturated rings. The molecule has 1 N–H and O–H groups in total. The van der Waals surface area contributed by atoms with Crippen LogP contribution in [0.5, 0.6) is 11.5 Å². The lowest BCUT2D eigenvalue weighted by Crippen LogP contribution is -2.03. The first-order valence-electron chi connectivity index (χ1n) is 6.28. The van der Waals surface area contributed by atoms with Gasteiger partial charge in [-0.05, 0) is 35.4 Å². The second-order valence-corrected chi connectivity index (χ2v) is 4.46. The minimum atomic E-state index is -0.760. The van der Waals surface area contributed by atoms with E-state index in [-0.39, 0.29) is 5.75 Å². The van der Waals surface area contributed by atoms with Crippen molar-refractivity contribution in [3.05, 3.63) is 59.4 Å². The number of aliphatic hydroxyl groups is 1. The third-order valence-corrected chi connectivity index (χ3v) is 3.15. The van der Waals surface area contributed by atoms with Crippen molar-refractivity contribution in [1.29, 1.82) is 0 Å². The van der Waals surface area contributed by atoms with Crippen molar-refractivity contribution in [2.75, 3.05) is 14.2 Å². The van der Waals surface area contributed by atoms with Crippen LogP contribution in [0.4, 0.5) is 4.39 Å². The van der Waals surface area contributed by atoms with E-state index in [1.807, 2.05) is 24.3 Å². The summed E-state index contributed by atoms with van der Waals surface area (Å²) < 4.78 is 23.5. The second-order valence-electron chi connectivity index (χ2n) is 4.46. The van der Waals surface area contributed by atoms with E-state index in [0.717, 1.165) is 11.3 Å². The molecule has 0 saturated carbocycles. The Morgan fingerprint density at radius 2 is 1.75 bits per heavy atom. The molecule has 0 bridgehead atoms. The highest BCUT2D eigenvalue weighted by atomic mass is 19.1. The summed E-state index contributed by atoms with van der Waals surface area (Å²) in [6.07, 6.45) is -0.348. The molecule has 0 amide bonds. The summed E-state index contributed by atoms with van der Waals surface area (Å²) >= 11 is 0. The first kappa shape index (κ1) is 14.3. The van der Waals surface area contributed by atoms with Gasteiger partial charge in [0.25, 0.3) is 0 Å². The number of methoxy groups -OCH3 is 2. The fraction of sp³-hybridized carbons (Fsp3) is 0.250. The number of hydrogen-bond donors (Lipinski definition) is 1. The van der Waals surface area contributed by atoms with Crippen LogP contribution in [0.3, 0.4) is 0 Å². The Bertz CT molecular complexity index is 566. The van der Waals surface area contributed by atoms with Gasteiger partial charge in [-0.25, -0.2) is 4.39 Å². The molecular formula is C16H17FO3. The molecule has 1 atom stereocenters. The van der Waals surface area contributed by atoms with Crippen LogP contribution in [0.15, 0.2) is 42.5 Å². The fourth-order valence-corrected chi connectivity index (χ4v) is 1.99. The molecule has 0 radical (unpaired) electrons. The van der Waals surface area contributed by atoms with Gasteiger partial charge in [-0.1, -0.05) is 18.2 Å². The maximum absolute atomic E-state index is 13.6. The van der Waals surface area contributed by atoms with Crippen LogP contribution in [0.25, 0.3) is 0 Å². The zero-order valence-electron chi connectivity index (χ0n) is 11.5. The molecule has 0 saturated heterocycles. The molecule has 106 valence electrons. The van der Waals surface area contributed by atoms with E-state index in [1.54, 1.807) is 13.2 Å². The van der Waals surface area contributed by atoms with Gasteiger partial charge in [0.15, 0.2) is 11.6 Å². The predicted octanol–water partition coefficient (Wildman–Crippen LogP) is 3.12. The van der Waals surface area contributed by atoms with Crippen LogP contribution >= 0.6 is 0 Å². The standard InChI is InChI=1S/C16H17FO3/c1-19-13-6-3-11(4-7-13)9-15(18)12-5-8-16(20-2)14(17)10-12/h3-8,10,15,18H,9H2,1-2H3. The first-order valence-corrected chi connectivity index (χ1v) is 6.28. The molecule has 0 aliphatic carbocycles. The van der Waals surface area contributed by atoms with Gasteiger partial charge >= 0.3 is 0 Å². The van der Waals surface area contributed by atoms with Crippen molar-refractivity contribution in [2.45, 2.75) is 12.5 Å². The van der Waals surface area contributed by atoms with Crippen molar-refractivity contribution in [3.8, 4) is 11.5 Å². The van der Waals surface area contributed by atoms with Gasteiger partial charge in [-0.3, -0.25) is 0 Å². The van der Waals surface area contributed by atoms with Crippen LogP contribution in [-0.2, 0) is 6.42 Å². The second kappa shape index (κ2) is 6.39. The van der Waals surface area contributed by atoms with Gasteiger partial charge in [0.1, 0.15) is 5.75 Å². The Hall–Kier alpha value is -2.07. The van der Waals surface area contributed by atoms with Crippen LogP contribution in [0.1, 0.15) is 17.2 Å². The number of ether oxygens (including phenoxy) is 2. The highest BCUT2D eigenvalue weighted by molar-refractivity contribution is 5.32. The minimum Gasteiger partial charge on any atom is -0.497 e. The summed E-state index contributed by atoms with van der Waals surface area (Å²) in [5, 5.41) is 10.1. The lowest BCUT2D eigenvalue weighted by Gasteiger charge is -2.12. The monoisotopic (exact) mass is 276 g/mol. The van der Waals surface area contributed by atoms with Gasteiger partial charge in [0.2, 0.25) is 0 Å². The topological polar surface area (TPSA) is 38.7 Å². The summed E-state index contributed by atoms with van der Waals surface area (Å²) in [5.74, 6) is 0.461. The largest absolute Gasteiger partial charge is 0.497 e. The maximum Gasteiger partial charge on any atom is 0.165 e. The maximum atomic E-state index is 13.6. The van der Waals surface area contributed by atoms with Gasteiger partial charge in [0, 0.05) is 6.42 Å². The third kappa shape index (κ3) is 3.27. The summed E-state index contributed by atoms with van der Waals surface area (Å²) in [6.45, 7) is 0. The Morgan fingerprint density at radius 1 is 1.05 bits per heavy atom. The summed E-state index contributed by atoms with van der Waals surface area (Å²) in [6, 6.07) is 11.9. The first-order chi connectivity index (χ1) is 9.63. The Labute approximate surface area is 117 Å². The average molecular weight is 276 g/mol. The molecule has 0 aliphatic heterocycles. The molecule has 3 nitrogen and oxygen atoms in total. The van der Waals surface area contributed by atoms with Crippen LogP contribution in [0, 0.1) is 5.82 Å². The van der Waals surface area contributed by atoms with Crippen molar-refractivity contribution < 1.29 is 19.0 Å². The summed E-state index contributed by atoms with van der Waals surface area (Å²) in [7, 11) is 3.01. The Morgan fingerprint density at radius 3 is 2.30 bits per heavy atom. The SMILES string of the molecule is COc1ccc(CC(O)c2ccc(OC)c(F)c2)cc1. The highest BCUT2D eigenvalue weighted by Crippen LogP contribution is 2.24. The fourth-order valence-electron chi connectivity index (χ4n) is 1.99. The van der Waals surface area contributed by atoms with Gasteiger partial charge in [-0.2, -0.15) is 0 Å². The molecule has 2 aromatic rings. The molecule has 0 heterocycles. The molecule has 20 heavy (non-hydrogen) atoms. The number of halogens is 1. The lowest BCUT2D eigenvalue weighted by molar-refractivity contribution is 0.178. The predicted molar refractivity (Wildman–Crippen MR) is 74.6 cm³/mol. The number of benzene rings is 2. The zero-order valence-corrected chi connectivity index (χ0v) is 11.5. The number of aliphatic hydroxyl groups excluding tert-OH is 1. The van der Waals surface area contributed by atoms with Crippen molar-refractivity contribution >= 4 is 0 Å². The number of rotatable bonds is 5. The number of hydrogen-bond acceptors (Lipinski definition) is 3. The van der Waals surface area contributed by atoms with Crippen molar-refractivity contribution in [1.82, 2.24) is 0 Å². The molecule has 1 unspecified atom stereocenters. The van der Waals surface area contributed by atoms with E-state index < -0.39 is 11.9 Å². The lowest BCUT2D eigenvalue weighted by atomic mass is 10.0. The van der Waals surface area contributed by atoms with Gasteiger partial charge in [0.05, 0.1) is 20.3 Å². The zero-order chi connectivity index (χ0) is 14.5. The quantitative estimate of drug-likeness (QED) is 0.912. The minimum absolute atomic E-state index is 0.172. The van der Waals surface area contributed by atoms with Crippen molar-refractivity contribution in [3.63, 3.8) is 0 Å². The molecule has 4 heteroatoms. The van der Waals surface area contributed by atoms with Crippen LogP contribution in [-0.4, -0.2) is 19.3 Å². The van der Waals surface area contributed by atoms with Crippen molar-refractivity contribution in [2.24, 2.45) is 0 Å². The highest BCUT2D eigenvalue weighted by Gasteiger charge is 2.12. The van der Waals surface area contributed by atoms with E-state index in [9.17, 15) is 9.50 Å². The molecule has 0 spiro atoms. The summed E-state index contributed by atoms with van der Waals surface area (Å²) in [5.41, 5.74) is 1.48. The molecule has 2 rings (SSSR count). The molecular weight excluding hydrogens is 259 g/mol. The van der Waals surface area contributed by atoms with E-state index in [4.69, 9.17) is 9.47 Å². The van der Waals surface area contributed by atoms with E-state index in [2.05, 4.69) is 0 Å². The summed E-state index contributed by atoms with van der Waals surface area (Å²) in [4.78, 5) is 0. The van der Waals surface area contributed by atoms with Crippen LogP contribution in [0.2, 0.25) is 0 Å². The molecule has 2 aromatic carbocycles. The smallest absolute Gasteiger partial charge is 0.165 e. The molecule has 0 aromatic heterocycles. The van der Waals surface area contributed by atoms with E-state index in [0.29, 0.717) is 12.0 Å². The van der Waals surface area contributed by atoms with E-state index >= 15 is 0 Å². The van der Waals surface area contributed by atoms with Gasteiger partial charge < -0.3 is 14.6 Å². The molecule has 0 aliphatic rings. The van der Waals surface area contributed by atoms with Gasteiger partial charge in [-0.15, -0.1) is 0 Å². The van der Waals surface area contributed by atoms with Crippen LogP contribution < -0.4 is 9.47 Å². The third-order valence-electron chi connectivity index (χ3n) is 3.15. The Balaban J connectivity index is 2.10. The average Bonchev–Trinajstić information content (AvgIpc) is 2.48. The normalized spacial score (nSPS) is 12.0. The Kier molecular flexibility index (Phi) is 4.58.